The molecule has 0 aromatic heterocycles. The maximum atomic E-state index is 12.0. The first-order valence-electron chi connectivity index (χ1n) is 3.92. The molecule has 2 N–H and O–H groups in total. The van der Waals surface area contributed by atoms with Gasteiger partial charge in [0, 0.05) is 6.61 Å². The smallest absolute Gasteiger partial charge is 0.396 e. The molecule has 0 fully saturated rings. The number of hydrogen-bond donors (Lipinski definition) is 2. The molecule has 1 unspecified atom stereocenters. The van der Waals surface area contributed by atoms with Gasteiger partial charge in [-0.15, -0.1) is 0 Å². The van der Waals surface area contributed by atoms with E-state index >= 15 is 0 Å². The van der Waals surface area contributed by atoms with E-state index in [1.54, 1.807) is 0 Å². The molecule has 2 nitrogen and oxygen atoms in total. The summed E-state index contributed by atoms with van der Waals surface area (Å²) in [6.45, 7) is 0.108. The predicted molar refractivity (Wildman–Crippen MR) is 37.9 cm³/mol. The monoisotopic (exact) mass is 240 g/mol. The highest BCUT2D eigenvalue weighted by molar-refractivity contribution is 4.94. The van der Waals surface area contributed by atoms with Gasteiger partial charge in [-0.1, -0.05) is 6.92 Å². The van der Waals surface area contributed by atoms with Gasteiger partial charge in [-0.3, -0.25) is 0 Å². The first-order valence-corrected chi connectivity index (χ1v) is 3.92. The maximum Gasteiger partial charge on any atom is 0.426 e. The van der Waals surface area contributed by atoms with Crippen LogP contribution in [0.1, 0.15) is 13.3 Å². The number of aliphatic hydroxyl groups is 2. The van der Waals surface area contributed by atoms with Crippen LogP contribution in [-0.2, 0) is 0 Å². The molecule has 0 aliphatic carbocycles. The van der Waals surface area contributed by atoms with E-state index in [4.69, 9.17) is 10.2 Å². The Morgan fingerprint density at radius 2 is 1.33 bits per heavy atom. The van der Waals surface area contributed by atoms with Gasteiger partial charge in [0.15, 0.2) is 0 Å². The standard InChI is InChI=1S/C7H10F6O2/c1-4(3-14)2-5(15,6(8,9)10)7(11,12)13/h4,14-15H,2-3H2,1H3. The molecule has 0 aromatic carbocycles. The van der Waals surface area contributed by atoms with Gasteiger partial charge in [-0.2, -0.15) is 26.3 Å². The molecule has 0 rings (SSSR count). The van der Waals surface area contributed by atoms with Crippen LogP contribution in [0.25, 0.3) is 0 Å². The second-order valence-corrected chi connectivity index (χ2v) is 3.35. The lowest BCUT2D eigenvalue weighted by Gasteiger charge is -2.33. The summed E-state index contributed by atoms with van der Waals surface area (Å²) in [5.41, 5.74) is -4.76. The predicted octanol–water partition coefficient (Wildman–Crippen LogP) is 1.86. The molecule has 0 aliphatic heterocycles. The molecular formula is C7H10F6O2. The third-order valence-electron chi connectivity index (χ3n) is 1.89. The van der Waals surface area contributed by atoms with Crippen molar-refractivity contribution in [1.82, 2.24) is 0 Å². The minimum atomic E-state index is -5.81. The molecule has 1 atom stereocenters. The van der Waals surface area contributed by atoms with Gasteiger partial charge in [-0.05, 0) is 12.3 Å². The second-order valence-electron chi connectivity index (χ2n) is 3.35. The van der Waals surface area contributed by atoms with Crippen molar-refractivity contribution in [1.29, 1.82) is 0 Å². The van der Waals surface area contributed by atoms with E-state index in [0.29, 0.717) is 0 Å². The molecule has 0 spiro atoms. The van der Waals surface area contributed by atoms with Crippen molar-refractivity contribution in [3.8, 4) is 0 Å². The van der Waals surface area contributed by atoms with Crippen LogP contribution >= 0.6 is 0 Å². The molecule has 8 heteroatoms. The molecule has 0 saturated carbocycles. The summed E-state index contributed by atoms with van der Waals surface area (Å²) in [7, 11) is 0. The SMILES string of the molecule is CC(CO)CC(O)(C(F)(F)F)C(F)(F)F. The van der Waals surface area contributed by atoms with Gasteiger partial charge in [0.1, 0.15) is 0 Å². The van der Waals surface area contributed by atoms with Crippen LogP contribution < -0.4 is 0 Å². The van der Waals surface area contributed by atoms with Crippen molar-refractivity contribution >= 4 is 0 Å². The van der Waals surface area contributed by atoms with Crippen LogP contribution in [0.2, 0.25) is 0 Å². The van der Waals surface area contributed by atoms with Gasteiger partial charge in [-0.25, -0.2) is 0 Å². The molecule has 0 aromatic rings. The average Bonchev–Trinajstić information content (AvgIpc) is 1.99. The van der Waals surface area contributed by atoms with E-state index in [2.05, 4.69) is 0 Å². The van der Waals surface area contributed by atoms with Crippen LogP contribution in [0.5, 0.6) is 0 Å². The van der Waals surface area contributed by atoms with Gasteiger partial charge < -0.3 is 10.2 Å². The second kappa shape index (κ2) is 4.17. The summed E-state index contributed by atoms with van der Waals surface area (Å²) in [4.78, 5) is 0. The Labute approximate surface area is 81.5 Å². The molecule has 15 heavy (non-hydrogen) atoms. The highest BCUT2D eigenvalue weighted by Gasteiger charge is 2.70. The number of alkyl halides is 6. The number of hydrogen-bond acceptors (Lipinski definition) is 2. The first kappa shape index (κ1) is 14.5. The zero-order chi connectivity index (χ0) is 12.5. The Morgan fingerprint density at radius 3 is 1.53 bits per heavy atom. The first-order chi connectivity index (χ1) is 6.45. The summed E-state index contributed by atoms with van der Waals surface area (Å²) >= 11 is 0. The fraction of sp³-hybridized carbons (Fsp3) is 1.00. The van der Waals surface area contributed by atoms with Gasteiger partial charge in [0.2, 0.25) is 0 Å². The fourth-order valence-corrected chi connectivity index (χ4v) is 0.961. The van der Waals surface area contributed by atoms with E-state index in [1.807, 2.05) is 0 Å². The van der Waals surface area contributed by atoms with Crippen LogP contribution in [0, 0.1) is 5.92 Å². The summed E-state index contributed by atoms with van der Waals surface area (Å²) < 4.78 is 72.3. The van der Waals surface area contributed by atoms with Crippen molar-refractivity contribution in [3.05, 3.63) is 0 Å². The molecule has 0 saturated heterocycles. The zero-order valence-corrected chi connectivity index (χ0v) is 7.65. The number of halogens is 6. The Bertz CT molecular complexity index is 195. The van der Waals surface area contributed by atoms with Crippen LogP contribution in [0.3, 0.4) is 0 Å². The van der Waals surface area contributed by atoms with Crippen molar-refractivity contribution in [2.75, 3.05) is 6.61 Å². The van der Waals surface area contributed by atoms with E-state index in [0.717, 1.165) is 6.92 Å². The zero-order valence-electron chi connectivity index (χ0n) is 7.65. The Morgan fingerprint density at radius 1 is 1.00 bits per heavy atom. The van der Waals surface area contributed by atoms with E-state index in [-0.39, 0.29) is 0 Å². The molecular weight excluding hydrogens is 230 g/mol. The quantitative estimate of drug-likeness (QED) is 0.739. The Hall–Kier alpha value is -0.500. The van der Waals surface area contributed by atoms with Crippen molar-refractivity contribution in [2.24, 2.45) is 5.92 Å². The summed E-state index contributed by atoms with van der Waals surface area (Å²) in [5, 5.41) is 17.0. The highest BCUT2D eigenvalue weighted by Crippen LogP contribution is 2.46. The Balaban J connectivity index is 5.06. The number of aliphatic hydroxyl groups excluding tert-OH is 1. The van der Waals surface area contributed by atoms with E-state index < -0.39 is 36.9 Å². The minimum Gasteiger partial charge on any atom is -0.396 e. The maximum absolute atomic E-state index is 12.0. The van der Waals surface area contributed by atoms with Crippen molar-refractivity contribution < 1.29 is 36.6 Å². The third-order valence-corrected chi connectivity index (χ3v) is 1.89. The van der Waals surface area contributed by atoms with Crippen LogP contribution in [0.4, 0.5) is 26.3 Å². The lowest BCUT2D eigenvalue weighted by Crippen LogP contribution is -2.57. The molecule has 0 radical (unpaired) electrons. The Kier molecular flexibility index (Phi) is 4.03. The minimum absolute atomic E-state index is 0.867. The molecule has 0 heterocycles. The molecule has 0 bridgehead atoms. The van der Waals surface area contributed by atoms with Gasteiger partial charge in [0.05, 0.1) is 0 Å². The summed E-state index contributed by atoms with van der Waals surface area (Å²) in [6, 6.07) is 0. The lowest BCUT2D eigenvalue weighted by molar-refractivity contribution is -0.372. The largest absolute Gasteiger partial charge is 0.426 e. The molecule has 0 aliphatic rings. The third kappa shape index (κ3) is 2.97. The summed E-state index contributed by atoms with van der Waals surface area (Å²) in [6.07, 6.45) is -13.2. The fourth-order valence-electron chi connectivity index (χ4n) is 0.961. The van der Waals surface area contributed by atoms with E-state index in [9.17, 15) is 26.3 Å². The molecule has 92 valence electrons. The van der Waals surface area contributed by atoms with Crippen LogP contribution in [-0.4, -0.2) is 34.8 Å². The topological polar surface area (TPSA) is 40.5 Å². The van der Waals surface area contributed by atoms with Crippen molar-refractivity contribution in [3.63, 3.8) is 0 Å². The van der Waals surface area contributed by atoms with Crippen molar-refractivity contribution in [2.45, 2.75) is 31.3 Å². The summed E-state index contributed by atoms with van der Waals surface area (Å²) in [5.74, 6) is -1.31. The van der Waals surface area contributed by atoms with Gasteiger partial charge >= 0.3 is 12.4 Å². The highest BCUT2D eigenvalue weighted by atomic mass is 19.4. The van der Waals surface area contributed by atoms with E-state index in [1.165, 1.54) is 0 Å². The van der Waals surface area contributed by atoms with Crippen LogP contribution in [0.15, 0.2) is 0 Å². The molecule has 0 amide bonds. The van der Waals surface area contributed by atoms with Gasteiger partial charge in [0.25, 0.3) is 5.60 Å². The number of rotatable bonds is 3. The average molecular weight is 240 g/mol. The lowest BCUT2D eigenvalue weighted by atomic mass is 9.90. The normalized spacial score (nSPS) is 16.6.